The number of benzene rings is 1. The van der Waals surface area contributed by atoms with Crippen LogP contribution in [0.4, 0.5) is 5.95 Å². The predicted molar refractivity (Wildman–Crippen MR) is 84.3 cm³/mol. The summed E-state index contributed by atoms with van der Waals surface area (Å²) >= 11 is 6.21. The molecule has 112 valence electrons. The lowest BCUT2D eigenvalue weighted by Gasteiger charge is -2.13. The standard InChI is InChI=1S/C14H18ClN5O/c1-3-9-16-19-13-17-12(20(4-2)14(21)18-13)10-7-5-6-8-11(10)15/h5-8,16H,3-4,9H2,1-2H3,(H,18,19,21). The molecule has 7 heteroatoms. The Hall–Kier alpha value is -1.92. The van der Waals surface area contributed by atoms with Crippen LogP contribution in [-0.2, 0) is 6.54 Å². The van der Waals surface area contributed by atoms with Crippen LogP contribution in [0.1, 0.15) is 20.3 Å². The van der Waals surface area contributed by atoms with Gasteiger partial charge in [-0.15, -0.1) is 0 Å². The van der Waals surface area contributed by atoms with Gasteiger partial charge in [0.1, 0.15) is 5.82 Å². The van der Waals surface area contributed by atoms with Gasteiger partial charge in [0.2, 0.25) is 5.95 Å². The Labute approximate surface area is 128 Å². The third-order valence-electron chi connectivity index (χ3n) is 2.91. The molecule has 2 aromatic rings. The van der Waals surface area contributed by atoms with Crippen LogP contribution in [0.2, 0.25) is 5.02 Å². The quantitative estimate of drug-likeness (QED) is 0.633. The van der Waals surface area contributed by atoms with Gasteiger partial charge >= 0.3 is 5.69 Å². The number of nitrogens with one attached hydrogen (secondary N) is 2. The van der Waals surface area contributed by atoms with Crippen molar-refractivity contribution >= 4 is 17.5 Å². The molecule has 0 saturated heterocycles. The smallest absolute Gasteiger partial charge is 0.289 e. The van der Waals surface area contributed by atoms with E-state index in [2.05, 4.69) is 20.8 Å². The van der Waals surface area contributed by atoms with E-state index in [-0.39, 0.29) is 11.6 Å². The number of aromatic nitrogens is 3. The average Bonchev–Trinajstić information content (AvgIpc) is 2.47. The minimum atomic E-state index is -0.358. The van der Waals surface area contributed by atoms with Crippen LogP contribution in [-0.4, -0.2) is 21.1 Å². The molecule has 2 N–H and O–H groups in total. The number of hydrazine groups is 1. The third-order valence-corrected chi connectivity index (χ3v) is 3.24. The lowest BCUT2D eigenvalue weighted by atomic mass is 10.2. The average molecular weight is 308 g/mol. The molecule has 0 fully saturated rings. The van der Waals surface area contributed by atoms with Gasteiger partial charge in [0.25, 0.3) is 0 Å². The monoisotopic (exact) mass is 307 g/mol. The Morgan fingerprint density at radius 2 is 2.00 bits per heavy atom. The van der Waals surface area contributed by atoms with Crippen molar-refractivity contribution in [1.82, 2.24) is 20.0 Å². The molecule has 6 nitrogen and oxygen atoms in total. The van der Waals surface area contributed by atoms with Crippen LogP contribution in [0.3, 0.4) is 0 Å². The van der Waals surface area contributed by atoms with Crippen LogP contribution < -0.4 is 16.5 Å². The summed E-state index contributed by atoms with van der Waals surface area (Å²) < 4.78 is 1.49. The van der Waals surface area contributed by atoms with E-state index >= 15 is 0 Å². The number of halogens is 1. The number of rotatable bonds is 6. The van der Waals surface area contributed by atoms with E-state index in [0.29, 0.717) is 23.0 Å². The molecule has 0 aliphatic heterocycles. The molecule has 0 spiro atoms. The van der Waals surface area contributed by atoms with Gasteiger partial charge in [-0.05, 0) is 25.5 Å². The van der Waals surface area contributed by atoms with Gasteiger partial charge in [0.15, 0.2) is 0 Å². The highest BCUT2D eigenvalue weighted by molar-refractivity contribution is 6.33. The van der Waals surface area contributed by atoms with Crippen LogP contribution in [0, 0.1) is 0 Å². The van der Waals surface area contributed by atoms with Gasteiger partial charge in [0, 0.05) is 18.7 Å². The molecular formula is C14H18ClN5O. The van der Waals surface area contributed by atoms with Crippen molar-refractivity contribution in [3.05, 3.63) is 39.8 Å². The molecule has 1 aromatic heterocycles. The second kappa shape index (κ2) is 7.19. The van der Waals surface area contributed by atoms with Crippen LogP contribution in [0.25, 0.3) is 11.4 Å². The fourth-order valence-corrected chi connectivity index (χ4v) is 2.10. The Balaban J connectivity index is 2.47. The largest absolute Gasteiger partial charge is 0.352 e. The molecule has 0 atom stereocenters. The summed E-state index contributed by atoms with van der Waals surface area (Å²) in [5.41, 5.74) is 6.14. The minimum absolute atomic E-state index is 0.244. The lowest BCUT2D eigenvalue weighted by Crippen LogP contribution is -2.30. The van der Waals surface area contributed by atoms with Crippen LogP contribution >= 0.6 is 11.6 Å². The van der Waals surface area contributed by atoms with E-state index in [4.69, 9.17) is 11.6 Å². The van der Waals surface area contributed by atoms with Crippen molar-refractivity contribution in [3.8, 4) is 11.4 Å². The summed E-state index contributed by atoms with van der Waals surface area (Å²) in [6.07, 6.45) is 0.955. The second-order valence-electron chi connectivity index (χ2n) is 4.43. The number of hydrogen-bond donors (Lipinski definition) is 2. The van der Waals surface area contributed by atoms with E-state index in [0.717, 1.165) is 13.0 Å². The highest BCUT2D eigenvalue weighted by atomic mass is 35.5. The molecule has 0 saturated carbocycles. The van der Waals surface area contributed by atoms with Gasteiger partial charge in [0.05, 0.1) is 5.02 Å². The maximum absolute atomic E-state index is 12.1. The molecule has 0 amide bonds. The van der Waals surface area contributed by atoms with Crippen molar-refractivity contribution in [3.63, 3.8) is 0 Å². The van der Waals surface area contributed by atoms with Gasteiger partial charge in [-0.1, -0.05) is 30.7 Å². The van der Waals surface area contributed by atoms with Crippen LogP contribution in [0.5, 0.6) is 0 Å². The molecule has 0 radical (unpaired) electrons. The van der Waals surface area contributed by atoms with Crippen molar-refractivity contribution in [1.29, 1.82) is 0 Å². The number of hydrogen-bond acceptors (Lipinski definition) is 5. The maximum Gasteiger partial charge on any atom is 0.352 e. The Morgan fingerprint density at radius 3 is 2.67 bits per heavy atom. The summed E-state index contributed by atoms with van der Waals surface area (Å²) in [6.45, 7) is 5.14. The van der Waals surface area contributed by atoms with Gasteiger partial charge < -0.3 is 0 Å². The van der Waals surface area contributed by atoms with Gasteiger partial charge in [-0.3, -0.25) is 9.99 Å². The van der Waals surface area contributed by atoms with Crippen molar-refractivity contribution in [2.45, 2.75) is 26.8 Å². The summed E-state index contributed by atoms with van der Waals surface area (Å²) in [4.78, 5) is 20.4. The molecule has 2 rings (SSSR count). The van der Waals surface area contributed by atoms with Crippen molar-refractivity contribution in [2.24, 2.45) is 0 Å². The van der Waals surface area contributed by atoms with E-state index < -0.39 is 0 Å². The first-order chi connectivity index (χ1) is 10.2. The molecule has 0 aliphatic rings. The van der Waals surface area contributed by atoms with Gasteiger partial charge in [-0.25, -0.2) is 10.2 Å². The van der Waals surface area contributed by atoms with E-state index in [1.807, 2.05) is 32.0 Å². The molecule has 0 bridgehead atoms. The van der Waals surface area contributed by atoms with E-state index in [1.54, 1.807) is 6.07 Å². The fraction of sp³-hybridized carbons (Fsp3) is 0.357. The zero-order valence-electron chi connectivity index (χ0n) is 12.1. The summed E-state index contributed by atoms with van der Waals surface area (Å²) in [5.74, 6) is 0.747. The van der Waals surface area contributed by atoms with Gasteiger partial charge in [-0.2, -0.15) is 9.97 Å². The molecule has 1 heterocycles. The predicted octanol–water partition coefficient (Wildman–Crippen LogP) is 2.31. The molecule has 0 aliphatic carbocycles. The Morgan fingerprint density at radius 1 is 1.24 bits per heavy atom. The second-order valence-corrected chi connectivity index (χ2v) is 4.84. The number of nitrogens with zero attached hydrogens (tertiary/aromatic N) is 3. The first-order valence-electron chi connectivity index (χ1n) is 6.90. The summed E-state index contributed by atoms with van der Waals surface area (Å²) in [7, 11) is 0. The topological polar surface area (TPSA) is 71.8 Å². The Bertz CT molecular complexity index is 671. The summed E-state index contributed by atoms with van der Waals surface area (Å²) in [5, 5.41) is 0.547. The fourth-order valence-electron chi connectivity index (χ4n) is 1.88. The number of anilines is 1. The van der Waals surface area contributed by atoms with Crippen molar-refractivity contribution < 1.29 is 0 Å². The first kappa shape index (κ1) is 15.5. The third kappa shape index (κ3) is 3.59. The Kier molecular flexibility index (Phi) is 5.30. The maximum atomic E-state index is 12.1. The lowest BCUT2D eigenvalue weighted by molar-refractivity contribution is 0.677. The van der Waals surface area contributed by atoms with Crippen LogP contribution in [0.15, 0.2) is 29.1 Å². The molecule has 1 aromatic carbocycles. The SMILES string of the molecule is CCCNNc1nc(-c2ccccc2Cl)n(CC)c(=O)n1. The molecule has 21 heavy (non-hydrogen) atoms. The zero-order valence-corrected chi connectivity index (χ0v) is 12.8. The van der Waals surface area contributed by atoms with Crippen molar-refractivity contribution in [2.75, 3.05) is 12.0 Å². The molecular weight excluding hydrogens is 290 g/mol. The zero-order chi connectivity index (χ0) is 15.2. The summed E-state index contributed by atoms with van der Waals surface area (Å²) in [6, 6.07) is 7.30. The van der Waals surface area contributed by atoms with E-state index in [1.165, 1.54) is 4.57 Å². The highest BCUT2D eigenvalue weighted by Gasteiger charge is 2.13. The highest BCUT2D eigenvalue weighted by Crippen LogP contribution is 2.25. The molecule has 0 unspecified atom stereocenters. The minimum Gasteiger partial charge on any atom is -0.289 e. The van der Waals surface area contributed by atoms with E-state index in [9.17, 15) is 4.79 Å². The normalized spacial score (nSPS) is 10.6. The first-order valence-corrected chi connectivity index (χ1v) is 7.27.